The molecular formula is C21H22N4O2. The highest BCUT2D eigenvalue weighted by atomic mass is 16.2. The van der Waals surface area contributed by atoms with E-state index in [1.54, 1.807) is 6.21 Å². The third-order valence-corrected chi connectivity index (χ3v) is 4.30. The minimum atomic E-state index is -0.341. The second kappa shape index (κ2) is 8.31. The molecule has 2 amide bonds. The number of nitrogens with zero attached hydrogens (tertiary/aromatic N) is 2. The number of nitrogens with one attached hydrogen (secondary N) is 1. The number of amides is 2. The third kappa shape index (κ3) is 4.82. The van der Waals surface area contributed by atoms with Gasteiger partial charge in [0.15, 0.2) is 0 Å². The third-order valence-electron chi connectivity index (χ3n) is 4.30. The molecule has 0 atom stereocenters. The van der Waals surface area contributed by atoms with Gasteiger partial charge in [0.1, 0.15) is 0 Å². The molecule has 0 fully saturated rings. The van der Waals surface area contributed by atoms with Gasteiger partial charge in [0, 0.05) is 35.6 Å². The van der Waals surface area contributed by atoms with Crippen LogP contribution in [0.1, 0.15) is 23.1 Å². The number of aromatic nitrogens is 1. The van der Waals surface area contributed by atoms with Crippen molar-refractivity contribution >= 4 is 28.9 Å². The summed E-state index contributed by atoms with van der Waals surface area (Å²) in [5.41, 5.74) is 11.8. The molecule has 2 aromatic carbocycles. The van der Waals surface area contributed by atoms with Crippen molar-refractivity contribution < 1.29 is 9.59 Å². The van der Waals surface area contributed by atoms with Gasteiger partial charge in [0.2, 0.25) is 11.8 Å². The Morgan fingerprint density at radius 2 is 1.89 bits per heavy atom. The lowest BCUT2D eigenvalue weighted by molar-refractivity contribution is -0.120. The molecule has 0 bridgehead atoms. The predicted octanol–water partition coefficient (Wildman–Crippen LogP) is 2.52. The maximum absolute atomic E-state index is 12.1. The zero-order chi connectivity index (χ0) is 19.2. The van der Waals surface area contributed by atoms with E-state index in [0.717, 1.165) is 27.6 Å². The molecular weight excluding hydrogens is 340 g/mol. The van der Waals surface area contributed by atoms with Crippen molar-refractivity contribution in [1.82, 2.24) is 9.99 Å². The topological polar surface area (TPSA) is 89.5 Å². The number of hydrazone groups is 1. The van der Waals surface area contributed by atoms with E-state index in [1.807, 2.05) is 66.2 Å². The Kier molecular flexibility index (Phi) is 5.66. The molecule has 0 unspecified atom stereocenters. The standard InChI is InChI=1S/C21H22N4O2/c1-15-6-8-16(9-7-15)12-21(27)24-23-13-17-14-25(11-10-20(22)26)19-5-3-2-4-18(17)19/h2-9,13-14H,10-12H2,1H3,(H2,22,26)(H,24,27)/b23-13-. The summed E-state index contributed by atoms with van der Waals surface area (Å²) in [4.78, 5) is 23.1. The highest BCUT2D eigenvalue weighted by Gasteiger charge is 2.08. The minimum absolute atomic E-state index is 0.174. The van der Waals surface area contributed by atoms with Gasteiger partial charge in [-0.2, -0.15) is 5.10 Å². The molecule has 6 nitrogen and oxygen atoms in total. The van der Waals surface area contributed by atoms with E-state index in [0.29, 0.717) is 6.54 Å². The van der Waals surface area contributed by atoms with Gasteiger partial charge in [-0.15, -0.1) is 0 Å². The first-order chi connectivity index (χ1) is 13.0. The summed E-state index contributed by atoms with van der Waals surface area (Å²) in [6.45, 7) is 2.51. The Labute approximate surface area is 157 Å². The first-order valence-electron chi connectivity index (χ1n) is 8.76. The number of aryl methyl sites for hydroxylation is 2. The number of primary amides is 1. The van der Waals surface area contributed by atoms with Gasteiger partial charge in [0.25, 0.3) is 0 Å². The summed E-state index contributed by atoms with van der Waals surface area (Å²) in [6, 6.07) is 15.7. The normalized spacial score (nSPS) is 11.1. The number of para-hydroxylation sites is 1. The lowest BCUT2D eigenvalue weighted by atomic mass is 10.1. The van der Waals surface area contributed by atoms with E-state index in [1.165, 1.54) is 0 Å². The number of hydrogen-bond donors (Lipinski definition) is 2. The molecule has 0 saturated heterocycles. The van der Waals surface area contributed by atoms with Gasteiger partial charge in [-0.05, 0) is 18.6 Å². The minimum Gasteiger partial charge on any atom is -0.370 e. The van der Waals surface area contributed by atoms with Crippen molar-refractivity contribution in [1.29, 1.82) is 0 Å². The first kappa shape index (κ1) is 18.4. The average molecular weight is 362 g/mol. The van der Waals surface area contributed by atoms with Crippen molar-refractivity contribution in [3.8, 4) is 0 Å². The van der Waals surface area contributed by atoms with Gasteiger partial charge >= 0.3 is 0 Å². The summed E-state index contributed by atoms with van der Waals surface area (Å²) >= 11 is 0. The van der Waals surface area contributed by atoms with Gasteiger partial charge in [-0.1, -0.05) is 48.0 Å². The van der Waals surface area contributed by atoms with E-state index in [-0.39, 0.29) is 24.7 Å². The van der Waals surface area contributed by atoms with Crippen LogP contribution in [-0.2, 0) is 22.6 Å². The highest BCUT2D eigenvalue weighted by Crippen LogP contribution is 2.20. The van der Waals surface area contributed by atoms with E-state index in [2.05, 4.69) is 10.5 Å². The van der Waals surface area contributed by atoms with Crippen LogP contribution in [-0.4, -0.2) is 22.6 Å². The molecule has 1 aromatic heterocycles. The van der Waals surface area contributed by atoms with Crippen LogP contribution in [0.5, 0.6) is 0 Å². The number of benzene rings is 2. The van der Waals surface area contributed by atoms with Crippen LogP contribution in [0.15, 0.2) is 59.8 Å². The van der Waals surface area contributed by atoms with Gasteiger partial charge in [-0.25, -0.2) is 5.43 Å². The molecule has 3 N–H and O–H groups in total. The van der Waals surface area contributed by atoms with Crippen LogP contribution < -0.4 is 11.2 Å². The van der Waals surface area contributed by atoms with E-state index in [4.69, 9.17) is 5.73 Å². The number of rotatable bonds is 7. The van der Waals surface area contributed by atoms with Crippen LogP contribution >= 0.6 is 0 Å². The fourth-order valence-corrected chi connectivity index (χ4v) is 2.90. The van der Waals surface area contributed by atoms with E-state index in [9.17, 15) is 9.59 Å². The fraction of sp³-hybridized carbons (Fsp3) is 0.190. The van der Waals surface area contributed by atoms with Crippen LogP contribution in [0.2, 0.25) is 0 Å². The molecule has 1 heterocycles. The van der Waals surface area contributed by atoms with Crippen molar-refractivity contribution in [2.45, 2.75) is 26.3 Å². The fourth-order valence-electron chi connectivity index (χ4n) is 2.90. The van der Waals surface area contributed by atoms with Gasteiger partial charge < -0.3 is 10.3 Å². The number of nitrogens with two attached hydrogens (primary N) is 1. The van der Waals surface area contributed by atoms with Crippen LogP contribution in [0.25, 0.3) is 10.9 Å². The number of fused-ring (bicyclic) bond motifs is 1. The number of carbonyl (C=O) groups excluding carboxylic acids is 2. The van der Waals surface area contributed by atoms with E-state index < -0.39 is 0 Å². The van der Waals surface area contributed by atoms with Crippen molar-refractivity contribution in [3.63, 3.8) is 0 Å². The molecule has 27 heavy (non-hydrogen) atoms. The number of hydrogen-bond acceptors (Lipinski definition) is 3. The Balaban J connectivity index is 1.69. The molecule has 138 valence electrons. The predicted molar refractivity (Wildman–Crippen MR) is 106 cm³/mol. The molecule has 0 spiro atoms. The van der Waals surface area contributed by atoms with Crippen LogP contribution in [0.3, 0.4) is 0 Å². The van der Waals surface area contributed by atoms with Crippen LogP contribution in [0, 0.1) is 6.92 Å². The highest BCUT2D eigenvalue weighted by molar-refractivity contribution is 5.99. The van der Waals surface area contributed by atoms with Crippen molar-refractivity contribution in [3.05, 3.63) is 71.4 Å². The SMILES string of the molecule is Cc1ccc(CC(=O)N/N=C\c2cn(CCC(N)=O)c3ccccc23)cc1. The molecule has 0 aliphatic heterocycles. The van der Waals surface area contributed by atoms with Crippen molar-refractivity contribution in [2.75, 3.05) is 0 Å². The molecule has 6 heteroatoms. The molecule has 3 rings (SSSR count). The largest absolute Gasteiger partial charge is 0.370 e. The lowest BCUT2D eigenvalue weighted by Crippen LogP contribution is -2.19. The Morgan fingerprint density at radius 3 is 2.63 bits per heavy atom. The Morgan fingerprint density at radius 1 is 1.15 bits per heavy atom. The van der Waals surface area contributed by atoms with Crippen LogP contribution in [0.4, 0.5) is 0 Å². The summed E-state index contributed by atoms with van der Waals surface area (Å²) < 4.78 is 1.97. The molecule has 0 saturated carbocycles. The van der Waals surface area contributed by atoms with E-state index >= 15 is 0 Å². The molecule has 0 aliphatic rings. The first-order valence-corrected chi connectivity index (χ1v) is 8.76. The smallest absolute Gasteiger partial charge is 0.244 e. The molecule has 0 radical (unpaired) electrons. The Hall–Kier alpha value is -3.41. The maximum Gasteiger partial charge on any atom is 0.244 e. The number of carbonyl (C=O) groups is 2. The van der Waals surface area contributed by atoms with Gasteiger partial charge in [0.05, 0.1) is 12.6 Å². The summed E-state index contributed by atoms with van der Waals surface area (Å²) in [7, 11) is 0. The average Bonchev–Trinajstić information content (AvgIpc) is 3.00. The summed E-state index contributed by atoms with van der Waals surface area (Å²) in [6.07, 6.45) is 4.07. The Bertz CT molecular complexity index is 987. The van der Waals surface area contributed by atoms with Gasteiger partial charge in [-0.3, -0.25) is 9.59 Å². The lowest BCUT2D eigenvalue weighted by Gasteiger charge is -2.02. The van der Waals surface area contributed by atoms with Crippen molar-refractivity contribution in [2.24, 2.45) is 10.8 Å². The monoisotopic (exact) mass is 362 g/mol. The maximum atomic E-state index is 12.1. The molecule has 0 aliphatic carbocycles. The molecule has 3 aromatic rings. The zero-order valence-corrected chi connectivity index (χ0v) is 15.2. The second-order valence-electron chi connectivity index (χ2n) is 6.47. The summed E-state index contributed by atoms with van der Waals surface area (Å²) in [5, 5.41) is 5.08. The second-order valence-corrected chi connectivity index (χ2v) is 6.47. The quantitative estimate of drug-likeness (QED) is 0.499. The summed E-state index contributed by atoms with van der Waals surface area (Å²) in [5.74, 6) is -0.515. The zero-order valence-electron chi connectivity index (χ0n) is 15.2.